The molecular formula is C24H36N4O2. The summed E-state index contributed by atoms with van der Waals surface area (Å²) in [5.74, 6) is 0. The molecule has 30 heavy (non-hydrogen) atoms. The Labute approximate surface area is 180 Å². The molecule has 2 heterocycles. The lowest BCUT2D eigenvalue weighted by atomic mass is 9.82. The highest BCUT2D eigenvalue weighted by Crippen LogP contribution is 2.38. The zero-order valence-corrected chi connectivity index (χ0v) is 19.0. The molecule has 0 aliphatic carbocycles. The highest BCUT2D eigenvalue weighted by Gasteiger charge is 2.42. The molecule has 6 heteroatoms. The molecule has 164 valence electrons. The highest BCUT2D eigenvalue weighted by molar-refractivity contribution is 5.92. The highest BCUT2D eigenvalue weighted by atomic mass is 16.7. The third-order valence-electron chi connectivity index (χ3n) is 5.84. The van der Waals surface area contributed by atoms with Crippen LogP contribution in [0.2, 0.25) is 0 Å². The summed E-state index contributed by atoms with van der Waals surface area (Å²) >= 11 is 0. The van der Waals surface area contributed by atoms with Gasteiger partial charge in [0.2, 0.25) is 0 Å². The first-order chi connectivity index (χ1) is 14.2. The number of anilines is 1. The number of carbonyl (C=O) groups excluding carboxylic acids is 1. The van der Waals surface area contributed by atoms with E-state index in [1.54, 1.807) is 0 Å². The van der Waals surface area contributed by atoms with E-state index < -0.39 is 0 Å². The van der Waals surface area contributed by atoms with E-state index in [9.17, 15) is 4.79 Å². The summed E-state index contributed by atoms with van der Waals surface area (Å²) in [6.45, 7) is 12.2. The Morgan fingerprint density at radius 3 is 2.57 bits per heavy atom. The zero-order chi connectivity index (χ0) is 21.8. The van der Waals surface area contributed by atoms with Gasteiger partial charge >= 0.3 is 6.03 Å². The standard InChI is InChI=1S/C24H36N4O2/c1-6-7-15-25-22(29)27-19-11-12-21-18(16-19)9-10-20(26-21)17-30-28-23(2,3)13-8-14-24(28,4)5/h9-12,16H,6-8,13-15,17H2,1-5H3,(H2,25,27,29). The topological polar surface area (TPSA) is 66.5 Å². The second-order valence-corrected chi connectivity index (χ2v) is 9.49. The second-order valence-electron chi connectivity index (χ2n) is 9.49. The van der Waals surface area contributed by atoms with Crippen molar-refractivity contribution in [2.75, 3.05) is 11.9 Å². The van der Waals surface area contributed by atoms with Crippen molar-refractivity contribution in [1.82, 2.24) is 15.4 Å². The number of hydrogen-bond donors (Lipinski definition) is 2. The summed E-state index contributed by atoms with van der Waals surface area (Å²) in [5.41, 5.74) is 2.58. The number of carbonyl (C=O) groups is 1. The summed E-state index contributed by atoms with van der Waals surface area (Å²) in [5, 5.41) is 8.90. The number of hydroxylamine groups is 2. The van der Waals surface area contributed by atoms with Gasteiger partial charge in [-0.25, -0.2) is 4.79 Å². The van der Waals surface area contributed by atoms with Crippen LogP contribution in [0.1, 0.15) is 72.4 Å². The van der Waals surface area contributed by atoms with Gasteiger partial charge in [0.25, 0.3) is 0 Å². The van der Waals surface area contributed by atoms with E-state index in [1.807, 2.05) is 30.3 Å². The van der Waals surface area contributed by atoms with Gasteiger partial charge < -0.3 is 10.6 Å². The van der Waals surface area contributed by atoms with Gasteiger partial charge in [-0.2, -0.15) is 5.06 Å². The number of pyridine rings is 1. The Morgan fingerprint density at radius 2 is 1.87 bits per heavy atom. The van der Waals surface area contributed by atoms with Crippen LogP contribution in [0.5, 0.6) is 0 Å². The van der Waals surface area contributed by atoms with Gasteiger partial charge in [-0.15, -0.1) is 0 Å². The number of rotatable bonds is 7. The van der Waals surface area contributed by atoms with E-state index in [2.05, 4.69) is 50.3 Å². The molecule has 2 N–H and O–H groups in total. The van der Waals surface area contributed by atoms with Crippen LogP contribution in [0.3, 0.4) is 0 Å². The molecule has 6 nitrogen and oxygen atoms in total. The molecule has 2 amide bonds. The Hall–Kier alpha value is -2.18. The summed E-state index contributed by atoms with van der Waals surface area (Å²) in [4.78, 5) is 23.0. The average molecular weight is 413 g/mol. The van der Waals surface area contributed by atoms with Crippen molar-refractivity contribution in [2.24, 2.45) is 0 Å². The van der Waals surface area contributed by atoms with E-state index in [-0.39, 0.29) is 17.1 Å². The van der Waals surface area contributed by atoms with Gasteiger partial charge in [-0.3, -0.25) is 9.82 Å². The number of unbranched alkanes of at least 4 members (excludes halogenated alkanes) is 1. The molecule has 1 aliphatic heterocycles. The Bertz CT molecular complexity index is 863. The summed E-state index contributed by atoms with van der Waals surface area (Å²) in [7, 11) is 0. The number of nitrogens with zero attached hydrogens (tertiary/aromatic N) is 2. The molecule has 0 radical (unpaired) electrons. The first-order valence-electron chi connectivity index (χ1n) is 11.1. The predicted octanol–water partition coefficient (Wildman–Crippen LogP) is 5.63. The van der Waals surface area contributed by atoms with E-state index >= 15 is 0 Å². The van der Waals surface area contributed by atoms with Gasteiger partial charge in [0.15, 0.2) is 0 Å². The molecule has 2 aromatic rings. The third kappa shape index (κ3) is 5.49. The lowest BCUT2D eigenvalue weighted by Gasteiger charge is -2.51. The van der Waals surface area contributed by atoms with E-state index in [1.165, 1.54) is 6.42 Å². The van der Waals surface area contributed by atoms with Crippen molar-refractivity contribution in [3.63, 3.8) is 0 Å². The molecular weight excluding hydrogens is 376 g/mol. The maximum atomic E-state index is 12.0. The fraction of sp³-hybridized carbons (Fsp3) is 0.583. The number of fused-ring (bicyclic) bond motifs is 1. The normalized spacial score (nSPS) is 18.3. The van der Waals surface area contributed by atoms with Crippen molar-refractivity contribution in [2.45, 2.75) is 84.4 Å². The number of amides is 2. The fourth-order valence-electron chi connectivity index (χ4n) is 4.34. The Morgan fingerprint density at radius 1 is 1.13 bits per heavy atom. The molecule has 1 aliphatic rings. The molecule has 1 aromatic heterocycles. The minimum absolute atomic E-state index is 0.0108. The SMILES string of the molecule is CCCCNC(=O)Nc1ccc2nc(CON3C(C)(C)CCCC3(C)C)ccc2c1. The quantitative estimate of drug-likeness (QED) is 0.578. The zero-order valence-electron chi connectivity index (χ0n) is 19.0. The number of aromatic nitrogens is 1. The monoisotopic (exact) mass is 412 g/mol. The van der Waals surface area contributed by atoms with Crippen molar-refractivity contribution in [3.8, 4) is 0 Å². The van der Waals surface area contributed by atoms with Crippen LogP contribution in [-0.2, 0) is 11.4 Å². The van der Waals surface area contributed by atoms with Crippen LogP contribution in [0.25, 0.3) is 10.9 Å². The molecule has 0 atom stereocenters. The lowest BCUT2D eigenvalue weighted by molar-refractivity contribution is -0.288. The summed E-state index contributed by atoms with van der Waals surface area (Å²) in [6.07, 6.45) is 5.51. The van der Waals surface area contributed by atoms with Crippen molar-refractivity contribution >= 4 is 22.6 Å². The van der Waals surface area contributed by atoms with Gasteiger partial charge in [0.1, 0.15) is 6.61 Å². The van der Waals surface area contributed by atoms with E-state index in [0.717, 1.165) is 48.0 Å². The molecule has 0 unspecified atom stereocenters. The molecule has 0 bridgehead atoms. The molecule has 1 aromatic carbocycles. The van der Waals surface area contributed by atoms with Crippen molar-refractivity contribution in [1.29, 1.82) is 0 Å². The first kappa shape index (κ1) is 22.5. The minimum Gasteiger partial charge on any atom is -0.338 e. The van der Waals surface area contributed by atoms with Crippen LogP contribution in [-0.4, -0.2) is 33.7 Å². The van der Waals surface area contributed by atoms with E-state index in [4.69, 9.17) is 9.82 Å². The Kier molecular flexibility index (Phi) is 6.98. The van der Waals surface area contributed by atoms with Crippen LogP contribution in [0, 0.1) is 0 Å². The summed E-state index contributed by atoms with van der Waals surface area (Å²) in [6, 6.07) is 9.63. The predicted molar refractivity (Wildman–Crippen MR) is 122 cm³/mol. The Balaban J connectivity index is 1.65. The van der Waals surface area contributed by atoms with Crippen molar-refractivity contribution < 1.29 is 9.63 Å². The largest absolute Gasteiger partial charge is 0.338 e. The number of piperidine rings is 1. The maximum Gasteiger partial charge on any atom is 0.319 e. The lowest BCUT2D eigenvalue weighted by Crippen LogP contribution is -2.58. The van der Waals surface area contributed by atoms with Gasteiger partial charge in [0, 0.05) is 28.7 Å². The number of hydrogen-bond acceptors (Lipinski definition) is 4. The summed E-state index contributed by atoms with van der Waals surface area (Å²) < 4.78 is 0. The minimum atomic E-state index is -0.174. The van der Waals surface area contributed by atoms with Gasteiger partial charge in [0.05, 0.1) is 11.2 Å². The molecule has 1 fully saturated rings. The third-order valence-corrected chi connectivity index (χ3v) is 5.84. The second kappa shape index (κ2) is 9.31. The molecule has 0 spiro atoms. The van der Waals surface area contributed by atoms with Crippen molar-refractivity contribution in [3.05, 3.63) is 36.0 Å². The van der Waals surface area contributed by atoms with Crippen LogP contribution in [0.15, 0.2) is 30.3 Å². The van der Waals surface area contributed by atoms with E-state index in [0.29, 0.717) is 13.2 Å². The number of urea groups is 1. The number of nitrogens with one attached hydrogen (secondary N) is 2. The smallest absolute Gasteiger partial charge is 0.319 e. The van der Waals surface area contributed by atoms with Crippen LogP contribution >= 0.6 is 0 Å². The first-order valence-corrected chi connectivity index (χ1v) is 11.1. The molecule has 3 rings (SSSR count). The van der Waals surface area contributed by atoms with Gasteiger partial charge in [-0.1, -0.05) is 19.4 Å². The fourth-order valence-corrected chi connectivity index (χ4v) is 4.34. The number of benzene rings is 1. The average Bonchev–Trinajstić information content (AvgIpc) is 2.67. The van der Waals surface area contributed by atoms with Crippen LogP contribution < -0.4 is 10.6 Å². The maximum absolute atomic E-state index is 12.0. The molecule has 0 saturated carbocycles. The molecule has 1 saturated heterocycles. The van der Waals surface area contributed by atoms with Crippen LogP contribution in [0.4, 0.5) is 10.5 Å². The van der Waals surface area contributed by atoms with Gasteiger partial charge in [-0.05, 0) is 77.6 Å².